The van der Waals surface area contributed by atoms with Crippen LogP contribution in [-0.2, 0) is 16.3 Å². The summed E-state index contributed by atoms with van der Waals surface area (Å²) >= 11 is 3.37. The lowest BCUT2D eigenvalue weighted by Crippen LogP contribution is -2.17. The monoisotopic (exact) mass is 291 g/mol. The van der Waals surface area contributed by atoms with Crippen molar-refractivity contribution in [2.24, 2.45) is 0 Å². The van der Waals surface area contributed by atoms with E-state index in [9.17, 15) is 8.42 Å². The van der Waals surface area contributed by atoms with Crippen molar-refractivity contribution in [3.8, 4) is 0 Å². The quantitative estimate of drug-likeness (QED) is 0.794. The third-order valence-corrected chi connectivity index (χ3v) is 4.10. The van der Waals surface area contributed by atoms with E-state index in [-0.39, 0.29) is 10.6 Å². The Morgan fingerprint density at radius 2 is 2.20 bits per heavy atom. The maximum absolute atomic E-state index is 11.1. The molecule has 0 saturated carbocycles. The Hall–Kier alpha value is -0.420. The minimum atomic E-state index is -2.93. The van der Waals surface area contributed by atoms with Gasteiger partial charge in [-0.3, -0.25) is 4.98 Å². The van der Waals surface area contributed by atoms with E-state index in [0.29, 0.717) is 6.42 Å². The number of alkyl halides is 1. The van der Waals surface area contributed by atoms with Crippen molar-refractivity contribution in [2.75, 3.05) is 12.0 Å². The van der Waals surface area contributed by atoms with Gasteiger partial charge >= 0.3 is 0 Å². The average molecular weight is 292 g/mol. The molecule has 15 heavy (non-hydrogen) atoms. The van der Waals surface area contributed by atoms with Crippen LogP contribution >= 0.6 is 15.9 Å². The van der Waals surface area contributed by atoms with Gasteiger partial charge in [-0.25, -0.2) is 8.42 Å². The zero-order valence-electron chi connectivity index (χ0n) is 8.77. The molecule has 0 saturated heterocycles. The zero-order chi connectivity index (χ0) is 11.5. The Kier molecular flexibility index (Phi) is 4.28. The van der Waals surface area contributed by atoms with Crippen LogP contribution in [0.4, 0.5) is 0 Å². The van der Waals surface area contributed by atoms with E-state index >= 15 is 0 Å². The minimum Gasteiger partial charge on any atom is -0.261 e. The highest BCUT2D eigenvalue weighted by Crippen LogP contribution is 2.13. The summed E-state index contributed by atoms with van der Waals surface area (Å²) in [4.78, 5) is 4.16. The lowest BCUT2D eigenvalue weighted by Gasteiger charge is -2.09. The van der Waals surface area contributed by atoms with Gasteiger partial charge in [-0.15, -0.1) is 0 Å². The molecule has 0 N–H and O–H groups in total. The number of sulfone groups is 1. The molecule has 84 valence electrons. The molecule has 0 fully saturated rings. The Morgan fingerprint density at radius 3 is 2.73 bits per heavy atom. The molecular weight excluding hydrogens is 278 g/mol. The molecule has 0 aliphatic carbocycles. The predicted molar refractivity (Wildman–Crippen MR) is 65.1 cm³/mol. The van der Waals surface area contributed by atoms with Crippen LogP contribution in [0.15, 0.2) is 18.3 Å². The second-order valence-corrected chi connectivity index (χ2v) is 7.14. The van der Waals surface area contributed by atoms with E-state index in [4.69, 9.17) is 0 Å². The van der Waals surface area contributed by atoms with E-state index in [1.807, 2.05) is 19.1 Å². The molecule has 1 unspecified atom stereocenters. The zero-order valence-corrected chi connectivity index (χ0v) is 11.2. The van der Waals surface area contributed by atoms with Crippen molar-refractivity contribution in [2.45, 2.75) is 18.2 Å². The summed E-state index contributed by atoms with van der Waals surface area (Å²) < 4.78 is 22.1. The Morgan fingerprint density at radius 1 is 1.53 bits per heavy atom. The highest BCUT2D eigenvalue weighted by Gasteiger charge is 2.14. The number of hydrogen-bond acceptors (Lipinski definition) is 3. The number of aryl methyl sites for hydroxylation is 1. The molecule has 0 spiro atoms. The fourth-order valence-corrected chi connectivity index (χ4v) is 3.85. The lowest BCUT2D eigenvalue weighted by atomic mass is 10.1. The second kappa shape index (κ2) is 5.07. The van der Waals surface area contributed by atoms with E-state index in [1.54, 1.807) is 6.20 Å². The van der Waals surface area contributed by atoms with Crippen molar-refractivity contribution < 1.29 is 8.42 Å². The van der Waals surface area contributed by atoms with E-state index in [1.165, 1.54) is 6.26 Å². The van der Waals surface area contributed by atoms with Gasteiger partial charge in [0.1, 0.15) is 9.84 Å². The first-order valence-electron chi connectivity index (χ1n) is 4.61. The van der Waals surface area contributed by atoms with Crippen molar-refractivity contribution in [1.29, 1.82) is 0 Å². The molecule has 0 radical (unpaired) electrons. The number of pyridine rings is 1. The van der Waals surface area contributed by atoms with Gasteiger partial charge in [0, 0.05) is 29.4 Å². The number of rotatable bonds is 4. The second-order valence-electron chi connectivity index (χ2n) is 3.66. The first-order chi connectivity index (χ1) is 6.88. The normalized spacial score (nSPS) is 13.8. The van der Waals surface area contributed by atoms with Crippen LogP contribution in [0, 0.1) is 6.92 Å². The van der Waals surface area contributed by atoms with Gasteiger partial charge in [-0.2, -0.15) is 0 Å². The molecule has 3 nitrogen and oxygen atoms in total. The summed E-state index contributed by atoms with van der Waals surface area (Å²) in [5.41, 5.74) is 2.04. The van der Waals surface area contributed by atoms with Crippen molar-refractivity contribution >= 4 is 25.8 Å². The van der Waals surface area contributed by atoms with Gasteiger partial charge in [0.15, 0.2) is 0 Å². The third kappa shape index (κ3) is 4.75. The predicted octanol–water partition coefficient (Wildman–Crippen LogP) is 1.74. The highest BCUT2D eigenvalue weighted by molar-refractivity contribution is 9.09. The van der Waals surface area contributed by atoms with Crippen molar-refractivity contribution in [3.05, 3.63) is 29.6 Å². The minimum absolute atomic E-state index is 0.0684. The van der Waals surface area contributed by atoms with E-state index in [0.717, 1.165) is 11.3 Å². The van der Waals surface area contributed by atoms with E-state index in [2.05, 4.69) is 20.9 Å². The topological polar surface area (TPSA) is 47.0 Å². The molecule has 0 aromatic carbocycles. The first-order valence-corrected chi connectivity index (χ1v) is 7.58. The summed E-state index contributed by atoms with van der Waals surface area (Å²) in [6, 6.07) is 3.85. The molecule has 0 amide bonds. The Labute approximate surface area is 99.0 Å². The molecule has 1 atom stereocenters. The van der Waals surface area contributed by atoms with Crippen molar-refractivity contribution in [1.82, 2.24) is 4.98 Å². The van der Waals surface area contributed by atoms with Crippen LogP contribution in [0.25, 0.3) is 0 Å². The molecule has 0 aliphatic heterocycles. The fourth-order valence-electron chi connectivity index (χ4n) is 1.33. The Bertz CT molecular complexity index is 431. The van der Waals surface area contributed by atoms with Gasteiger partial charge < -0.3 is 0 Å². The first kappa shape index (κ1) is 12.6. The van der Waals surface area contributed by atoms with Gasteiger partial charge in [-0.05, 0) is 18.6 Å². The molecule has 0 bridgehead atoms. The van der Waals surface area contributed by atoms with Gasteiger partial charge in [0.05, 0.1) is 5.75 Å². The number of aromatic nitrogens is 1. The Balaban J connectivity index is 2.67. The molecule has 5 heteroatoms. The molecule has 0 aliphatic rings. The average Bonchev–Trinajstić information content (AvgIpc) is 2.05. The van der Waals surface area contributed by atoms with Crippen LogP contribution in [0.3, 0.4) is 0 Å². The summed E-state index contributed by atoms with van der Waals surface area (Å²) in [5, 5.41) is 0. The summed E-state index contributed by atoms with van der Waals surface area (Å²) in [6.45, 7) is 1.97. The van der Waals surface area contributed by atoms with Crippen LogP contribution in [0.2, 0.25) is 0 Å². The largest absolute Gasteiger partial charge is 0.261 e. The third-order valence-electron chi connectivity index (χ3n) is 2.02. The number of nitrogens with zero attached hydrogens (tertiary/aromatic N) is 1. The highest BCUT2D eigenvalue weighted by atomic mass is 79.9. The molecule has 1 aromatic heterocycles. The number of halogens is 1. The molecule has 1 heterocycles. The summed E-state index contributed by atoms with van der Waals surface area (Å²) in [6.07, 6.45) is 3.61. The van der Waals surface area contributed by atoms with Gasteiger partial charge in [-0.1, -0.05) is 22.0 Å². The van der Waals surface area contributed by atoms with Gasteiger partial charge in [0.2, 0.25) is 0 Å². The van der Waals surface area contributed by atoms with Crippen molar-refractivity contribution in [3.63, 3.8) is 0 Å². The summed E-state index contributed by atoms with van der Waals surface area (Å²) in [5.74, 6) is 0.142. The van der Waals surface area contributed by atoms with Crippen LogP contribution in [0.1, 0.15) is 11.3 Å². The molecule has 1 aromatic rings. The maximum Gasteiger partial charge on any atom is 0.148 e. The van der Waals surface area contributed by atoms with Crippen LogP contribution < -0.4 is 0 Å². The lowest BCUT2D eigenvalue weighted by molar-refractivity contribution is 0.600. The number of hydrogen-bond donors (Lipinski definition) is 0. The van der Waals surface area contributed by atoms with E-state index < -0.39 is 9.84 Å². The standard InChI is InChI=1S/C10H14BrNO2S/c1-8-4-3-5-12-10(8)6-9(11)7-15(2,13)14/h3-5,9H,6-7H2,1-2H3. The van der Waals surface area contributed by atoms with Crippen LogP contribution in [0.5, 0.6) is 0 Å². The summed E-state index contributed by atoms with van der Waals surface area (Å²) in [7, 11) is -2.93. The van der Waals surface area contributed by atoms with Gasteiger partial charge in [0.25, 0.3) is 0 Å². The fraction of sp³-hybridized carbons (Fsp3) is 0.500. The smallest absolute Gasteiger partial charge is 0.148 e. The molecular formula is C10H14BrNO2S. The van der Waals surface area contributed by atoms with Crippen LogP contribution in [-0.4, -0.2) is 30.2 Å². The maximum atomic E-state index is 11.1. The SMILES string of the molecule is Cc1cccnc1CC(Br)CS(C)(=O)=O. The molecule has 1 rings (SSSR count).